The Morgan fingerprint density at radius 2 is 1.81 bits per heavy atom. The molecule has 1 saturated heterocycles. The van der Waals surface area contributed by atoms with Crippen LogP contribution < -0.4 is 9.62 Å². The highest BCUT2D eigenvalue weighted by Crippen LogP contribution is 2.36. The van der Waals surface area contributed by atoms with Gasteiger partial charge in [-0.05, 0) is 68.2 Å². The Labute approximate surface area is 192 Å². The van der Waals surface area contributed by atoms with Gasteiger partial charge in [0.2, 0.25) is 10.0 Å². The van der Waals surface area contributed by atoms with Crippen LogP contribution in [0.1, 0.15) is 49.1 Å². The van der Waals surface area contributed by atoms with E-state index in [1.807, 2.05) is 18.2 Å². The molecule has 2 unspecified atom stereocenters. The van der Waals surface area contributed by atoms with E-state index in [2.05, 4.69) is 45.8 Å². The number of piperidine rings is 1. The third-order valence-electron chi connectivity index (χ3n) is 6.92. The molecule has 2 aromatic rings. The number of hydrogen-bond acceptors (Lipinski definition) is 5. The van der Waals surface area contributed by atoms with Crippen molar-refractivity contribution in [2.45, 2.75) is 57.1 Å². The monoisotopic (exact) mass is 457 g/mol. The Morgan fingerprint density at radius 3 is 2.50 bits per heavy atom. The first kappa shape index (κ1) is 23.2. The minimum Gasteiger partial charge on any atom is -0.378 e. The molecule has 1 N–H and O–H groups in total. The summed E-state index contributed by atoms with van der Waals surface area (Å²) in [6.07, 6.45) is 8.44. The molecule has 0 spiro atoms. The molecular formula is C25H35N3O3S. The number of sulfonamides is 1. The smallest absolute Gasteiger partial charge is 0.208 e. The van der Waals surface area contributed by atoms with E-state index in [1.54, 1.807) is 6.20 Å². The summed E-state index contributed by atoms with van der Waals surface area (Å²) in [4.78, 5) is 6.72. The van der Waals surface area contributed by atoms with E-state index in [4.69, 9.17) is 4.74 Å². The average molecular weight is 458 g/mol. The molecule has 0 radical (unpaired) electrons. The standard InChI is InChI=1S/C25H35N3O3S/c1-19-7-3-4-8-23(19)20-10-12-22(13-11-20)31-18-21-17-28(25-9-5-6-15-26-25)16-14-24(21)27-32(2,29)30/h3-9,15,20-22,24,27H,10-14,16-18H2,1-2H3. The summed E-state index contributed by atoms with van der Waals surface area (Å²) in [7, 11) is -3.26. The molecule has 1 aliphatic heterocycles. The van der Waals surface area contributed by atoms with Crippen LogP contribution in [0.15, 0.2) is 48.7 Å². The van der Waals surface area contributed by atoms with Gasteiger partial charge in [0.15, 0.2) is 0 Å². The predicted molar refractivity (Wildman–Crippen MR) is 128 cm³/mol. The van der Waals surface area contributed by atoms with Gasteiger partial charge < -0.3 is 9.64 Å². The third kappa shape index (κ3) is 6.09. The number of hydrogen-bond donors (Lipinski definition) is 1. The van der Waals surface area contributed by atoms with Gasteiger partial charge in [0.25, 0.3) is 0 Å². The second-order valence-electron chi connectivity index (χ2n) is 9.34. The molecule has 7 heteroatoms. The fraction of sp³-hybridized carbons (Fsp3) is 0.560. The molecule has 2 heterocycles. The van der Waals surface area contributed by atoms with Gasteiger partial charge in [-0.15, -0.1) is 0 Å². The molecule has 174 valence electrons. The molecule has 1 aromatic heterocycles. The fourth-order valence-corrected chi connectivity index (χ4v) is 6.09. The quantitative estimate of drug-likeness (QED) is 0.683. The number of nitrogens with zero attached hydrogens (tertiary/aromatic N) is 2. The highest BCUT2D eigenvalue weighted by Gasteiger charge is 2.33. The fourth-order valence-electron chi connectivity index (χ4n) is 5.23. The van der Waals surface area contributed by atoms with Gasteiger partial charge in [0, 0.05) is 31.2 Å². The van der Waals surface area contributed by atoms with E-state index in [0.717, 1.165) is 51.0 Å². The van der Waals surface area contributed by atoms with Gasteiger partial charge >= 0.3 is 0 Å². The maximum Gasteiger partial charge on any atom is 0.208 e. The van der Waals surface area contributed by atoms with Crippen molar-refractivity contribution in [2.24, 2.45) is 5.92 Å². The maximum absolute atomic E-state index is 11.9. The summed E-state index contributed by atoms with van der Waals surface area (Å²) >= 11 is 0. The van der Waals surface area contributed by atoms with E-state index in [9.17, 15) is 8.42 Å². The first-order valence-corrected chi connectivity index (χ1v) is 13.6. The van der Waals surface area contributed by atoms with E-state index < -0.39 is 10.0 Å². The molecule has 1 aromatic carbocycles. The molecule has 0 bridgehead atoms. The number of ether oxygens (including phenoxy) is 1. The Hall–Kier alpha value is -1.96. The summed E-state index contributed by atoms with van der Waals surface area (Å²) in [6, 6.07) is 14.5. The van der Waals surface area contributed by atoms with Crippen molar-refractivity contribution >= 4 is 15.8 Å². The molecule has 0 amide bonds. The molecule has 32 heavy (non-hydrogen) atoms. The lowest BCUT2D eigenvalue weighted by atomic mass is 9.81. The lowest BCUT2D eigenvalue weighted by Gasteiger charge is -2.40. The first-order chi connectivity index (χ1) is 15.4. The van der Waals surface area contributed by atoms with Crippen LogP contribution in [0.2, 0.25) is 0 Å². The molecule has 2 fully saturated rings. The second-order valence-corrected chi connectivity index (χ2v) is 11.1. The van der Waals surface area contributed by atoms with Crippen molar-refractivity contribution in [1.82, 2.24) is 9.71 Å². The van der Waals surface area contributed by atoms with Crippen LogP contribution >= 0.6 is 0 Å². The zero-order chi connectivity index (χ0) is 22.6. The molecule has 1 aliphatic carbocycles. The normalized spacial score (nSPS) is 26.8. The van der Waals surface area contributed by atoms with Crippen LogP contribution in [-0.2, 0) is 14.8 Å². The van der Waals surface area contributed by atoms with Crippen LogP contribution in [0, 0.1) is 12.8 Å². The van der Waals surface area contributed by atoms with E-state index in [0.29, 0.717) is 12.5 Å². The molecule has 2 atom stereocenters. The topological polar surface area (TPSA) is 71.5 Å². The van der Waals surface area contributed by atoms with Crippen molar-refractivity contribution in [1.29, 1.82) is 0 Å². The zero-order valence-corrected chi connectivity index (χ0v) is 19.9. The van der Waals surface area contributed by atoms with Crippen molar-refractivity contribution < 1.29 is 13.2 Å². The van der Waals surface area contributed by atoms with Crippen molar-refractivity contribution in [3.63, 3.8) is 0 Å². The van der Waals surface area contributed by atoms with Crippen LogP contribution in [-0.4, -0.2) is 51.5 Å². The number of nitrogens with one attached hydrogen (secondary N) is 1. The summed E-state index contributed by atoms with van der Waals surface area (Å²) in [5.41, 5.74) is 2.85. The van der Waals surface area contributed by atoms with E-state index in [1.165, 1.54) is 17.4 Å². The Bertz CT molecular complexity index is 975. The van der Waals surface area contributed by atoms with E-state index in [-0.39, 0.29) is 18.1 Å². The van der Waals surface area contributed by atoms with Gasteiger partial charge in [-0.3, -0.25) is 0 Å². The van der Waals surface area contributed by atoms with Crippen LogP contribution in [0.5, 0.6) is 0 Å². The maximum atomic E-state index is 11.9. The number of rotatable bonds is 7. The number of benzene rings is 1. The van der Waals surface area contributed by atoms with Gasteiger partial charge in [0.05, 0.1) is 19.0 Å². The third-order valence-corrected chi connectivity index (χ3v) is 7.65. The Kier molecular flexibility index (Phi) is 7.48. The van der Waals surface area contributed by atoms with Gasteiger partial charge in [-0.1, -0.05) is 30.3 Å². The Balaban J connectivity index is 1.35. The predicted octanol–water partition coefficient (Wildman–Crippen LogP) is 3.88. The molecule has 1 saturated carbocycles. The summed E-state index contributed by atoms with van der Waals surface area (Å²) in [6.45, 7) is 4.28. The van der Waals surface area contributed by atoms with Gasteiger partial charge in [-0.2, -0.15) is 0 Å². The first-order valence-electron chi connectivity index (χ1n) is 11.7. The van der Waals surface area contributed by atoms with Crippen LogP contribution in [0.3, 0.4) is 0 Å². The van der Waals surface area contributed by atoms with Gasteiger partial charge in [0.1, 0.15) is 5.82 Å². The lowest BCUT2D eigenvalue weighted by molar-refractivity contribution is -0.00216. The zero-order valence-electron chi connectivity index (χ0n) is 19.1. The largest absolute Gasteiger partial charge is 0.378 e. The highest BCUT2D eigenvalue weighted by molar-refractivity contribution is 7.88. The molecular weight excluding hydrogens is 422 g/mol. The average Bonchev–Trinajstić information content (AvgIpc) is 2.79. The number of anilines is 1. The number of aryl methyl sites for hydroxylation is 1. The van der Waals surface area contributed by atoms with Crippen molar-refractivity contribution in [2.75, 3.05) is 30.9 Å². The van der Waals surface area contributed by atoms with Crippen molar-refractivity contribution in [3.05, 3.63) is 59.8 Å². The number of pyridine rings is 1. The Morgan fingerprint density at radius 1 is 1.06 bits per heavy atom. The second kappa shape index (κ2) is 10.3. The van der Waals surface area contributed by atoms with Gasteiger partial charge in [-0.25, -0.2) is 18.1 Å². The van der Waals surface area contributed by atoms with Crippen LogP contribution in [0.25, 0.3) is 0 Å². The summed E-state index contributed by atoms with van der Waals surface area (Å²) in [5, 5.41) is 0. The molecule has 2 aliphatic rings. The van der Waals surface area contributed by atoms with E-state index >= 15 is 0 Å². The SMILES string of the molecule is Cc1ccccc1C1CCC(OCC2CN(c3ccccn3)CCC2NS(C)(=O)=O)CC1. The van der Waals surface area contributed by atoms with Crippen molar-refractivity contribution in [3.8, 4) is 0 Å². The molecule has 6 nitrogen and oxygen atoms in total. The lowest BCUT2D eigenvalue weighted by Crippen LogP contribution is -2.52. The summed E-state index contributed by atoms with van der Waals surface area (Å²) in [5.74, 6) is 1.65. The number of aromatic nitrogens is 1. The van der Waals surface area contributed by atoms with Crippen LogP contribution in [0.4, 0.5) is 5.82 Å². The highest BCUT2D eigenvalue weighted by atomic mass is 32.2. The minimum atomic E-state index is -3.26. The minimum absolute atomic E-state index is 0.0922. The summed E-state index contributed by atoms with van der Waals surface area (Å²) < 4.78 is 33.1. The molecule has 4 rings (SSSR count).